The molecule has 0 aliphatic carbocycles. The van der Waals surface area contributed by atoms with Crippen molar-refractivity contribution in [3.63, 3.8) is 0 Å². The molecule has 1 atom stereocenters. The molecule has 3 heterocycles. The van der Waals surface area contributed by atoms with Crippen molar-refractivity contribution >= 4 is 0 Å². The van der Waals surface area contributed by atoms with E-state index in [1.165, 1.54) is 17.7 Å². The van der Waals surface area contributed by atoms with Gasteiger partial charge in [0, 0.05) is 44.0 Å². The van der Waals surface area contributed by atoms with Crippen molar-refractivity contribution in [2.45, 2.75) is 19.6 Å². The number of aromatic nitrogens is 3. The van der Waals surface area contributed by atoms with E-state index in [0.29, 0.717) is 6.61 Å². The summed E-state index contributed by atoms with van der Waals surface area (Å²) in [4.78, 5) is 7.11. The van der Waals surface area contributed by atoms with Crippen LogP contribution in [0.3, 0.4) is 0 Å². The van der Waals surface area contributed by atoms with E-state index in [1.807, 2.05) is 42.9 Å². The highest BCUT2D eigenvalue weighted by molar-refractivity contribution is 5.59. The average Bonchev–Trinajstić information content (AvgIpc) is 2.99. The van der Waals surface area contributed by atoms with Gasteiger partial charge in [0.05, 0.1) is 23.7 Å². The average molecular weight is 366 g/mol. The highest BCUT2D eigenvalue weighted by Crippen LogP contribution is 2.25. The van der Waals surface area contributed by atoms with Crippen LogP contribution in [0, 0.1) is 12.7 Å². The molecule has 2 aromatic heterocycles. The molecule has 5 nitrogen and oxygen atoms in total. The van der Waals surface area contributed by atoms with Crippen LogP contribution in [-0.4, -0.2) is 39.4 Å². The normalized spacial score (nSPS) is 18.0. The van der Waals surface area contributed by atoms with Crippen molar-refractivity contribution in [3.8, 4) is 11.3 Å². The van der Waals surface area contributed by atoms with Crippen molar-refractivity contribution in [1.82, 2.24) is 19.7 Å². The minimum atomic E-state index is -0.258. The van der Waals surface area contributed by atoms with E-state index in [2.05, 4.69) is 16.2 Å². The third-order valence-corrected chi connectivity index (χ3v) is 4.88. The first-order chi connectivity index (χ1) is 13.1. The molecule has 140 valence electrons. The minimum Gasteiger partial charge on any atom is -0.369 e. The Kier molecular flexibility index (Phi) is 5.01. The summed E-state index contributed by atoms with van der Waals surface area (Å²) in [5.41, 5.74) is 4.71. The van der Waals surface area contributed by atoms with Crippen molar-refractivity contribution in [1.29, 1.82) is 0 Å². The van der Waals surface area contributed by atoms with Gasteiger partial charge in [0.2, 0.25) is 0 Å². The van der Waals surface area contributed by atoms with Gasteiger partial charge in [0.25, 0.3) is 0 Å². The second-order valence-electron chi connectivity index (χ2n) is 6.97. The SMILES string of the molecule is Cc1nn(C)cc1CN1CCOC(c2cccc(-c3cccc(F)c3)n2)C1. The Labute approximate surface area is 158 Å². The Hall–Kier alpha value is -2.57. The summed E-state index contributed by atoms with van der Waals surface area (Å²) in [6.45, 7) is 5.21. The third-order valence-electron chi connectivity index (χ3n) is 4.88. The van der Waals surface area contributed by atoms with Gasteiger partial charge in [-0.05, 0) is 31.2 Å². The maximum atomic E-state index is 13.5. The molecule has 0 amide bonds. The van der Waals surface area contributed by atoms with Crippen LogP contribution in [-0.2, 0) is 18.3 Å². The molecule has 1 aliphatic rings. The smallest absolute Gasteiger partial charge is 0.123 e. The number of pyridine rings is 1. The van der Waals surface area contributed by atoms with E-state index >= 15 is 0 Å². The van der Waals surface area contributed by atoms with Gasteiger partial charge in [-0.3, -0.25) is 14.6 Å². The Morgan fingerprint density at radius 3 is 2.85 bits per heavy atom. The summed E-state index contributed by atoms with van der Waals surface area (Å²) in [6.07, 6.45) is 1.98. The molecule has 0 N–H and O–H groups in total. The summed E-state index contributed by atoms with van der Waals surface area (Å²) in [7, 11) is 1.94. The molecule has 0 spiro atoms. The summed E-state index contributed by atoms with van der Waals surface area (Å²) in [5, 5.41) is 4.42. The van der Waals surface area contributed by atoms with Crippen LogP contribution >= 0.6 is 0 Å². The summed E-state index contributed by atoms with van der Waals surface area (Å²) in [5.74, 6) is -0.258. The summed E-state index contributed by atoms with van der Waals surface area (Å²) in [6, 6.07) is 12.4. The molecule has 1 fully saturated rings. The van der Waals surface area contributed by atoms with Crippen molar-refractivity contribution in [3.05, 3.63) is 71.4 Å². The van der Waals surface area contributed by atoms with E-state index in [9.17, 15) is 4.39 Å². The Morgan fingerprint density at radius 1 is 1.22 bits per heavy atom. The second kappa shape index (κ2) is 7.58. The van der Waals surface area contributed by atoms with Gasteiger partial charge in [-0.15, -0.1) is 0 Å². The lowest BCUT2D eigenvalue weighted by atomic mass is 10.1. The van der Waals surface area contributed by atoms with Crippen molar-refractivity contribution < 1.29 is 9.13 Å². The maximum Gasteiger partial charge on any atom is 0.123 e. The van der Waals surface area contributed by atoms with Crippen LogP contribution in [0.4, 0.5) is 4.39 Å². The molecule has 0 radical (unpaired) electrons. The zero-order valence-corrected chi connectivity index (χ0v) is 15.6. The monoisotopic (exact) mass is 366 g/mol. The molecule has 27 heavy (non-hydrogen) atoms. The fourth-order valence-electron chi connectivity index (χ4n) is 3.51. The highest BCUT2D eigenvalue weighted by atomic mass is 19.1. The van der Waals surface area contributed by atoms with Crippen LogP contribution in [0.5, 0.6) is 0 Å². The number of hydrogen-bond donors (Lipinski definition) is 0. The lowest BCUT2D eigenvalue weighted by molar-refractivity contribution is -0.0350. The largest absolute Gasteiger partial charge is 0.369 e. The van der Waals surface area contributed by atoms with Gasteiger partial charge < -0.3 is 4.74 Å². The molecule has 6 heteroatoms. The van der Waals surface area contributed by atoms with Crippen LogP contribution in [0.1, 0.15) is 23.1 Å². The Bertz CT molecular complexity index is 939. The number of hydrogen-bond acceptors (Lipinski definition) is 4. The number of morpholine rings is 1. The summed E-state index contributed by atoms with van der Waals surface area (Å²) >= 11 is 0. The predicted molar refractivity (Wildman–Crippen MR) is 102 cm³/mol. The molecule has 1 aromatic carbocycles. The van der Waals surface area contributed by atoms with Crippen LogP contribution in [0.2, 0.25) is 0 Å². The first-order valence-corrected chi connectivity index (χ1v) is 9.14. The lowest BCUT2D eigenvalue weighted by Gasteiger charge is -2.32. The van der Waals surface area contributed by atoms with E-state index < -0.39 is 0 Å². The van der Waals surface area contributed by atoms with Crippen LogP contribution < -0.4 is 0 Å². The van der Waals surface area contributed by atoms with Gasteiger partial charge in [-0.1, -0.05) is 18.2 Å². The van der Waals surface area contributed by atoms with Crippen LogP contribution in [0.25, 0.3) is 11.3 Å². The number of halogens is 1. The molecular weight excluding hydrogens is 343 g/mol. The number of ether oxygens (including phenoxy) is 1. The molecule has 1 saturated heterocycles. The van der Waals surface area contributed by atoms with Gasteiger partial charge in [0.1, 0.15) is 11.9 Å². The quantitative estimate of drug-likeness (QED) is 0.709. The first-order valence-electron chi connectivity index (χ1n) is 9.14. The van der Waals surface area contributed by atoms with E-state index in [4.69, 9.17) is 9.72 Å². The number of benzene rings is 1. The number of nitrogens with zero attached hydrogens (tertiary/aromatic N) is 4. The number of aryl methyl sites for hydroxylation is 2. The van der Waals surface area contributed by atoms with E-state index in [-0.39, 0.29) is 11.9 Å². The predicted octanol–water partition coefficient (Wildman–Crippen LogP) is 3.50. The minimum absolute atomic E-state index is 0.0933. The lowest BCUT2D eigenvalue weighted by Crippen LogP contribution is -2.38. The topological polar surface area (TPSA) is 43.2 Å². The Morgan fingerprint density at radius 2 is 2.07 bits per heavy atom. The summed E-state index contributed by atoms with van der Waals surface area (Å²) < 4.78 is 21.4. The van der Waals surface area contributed by atoms with E-state index in [0.717, 1.165) is 42.3 Å². The first kappa shape index (κ1) is 17.8. The second-order valence-corrected chi connectivity index (χ2v) is 6.97. The molecule has 4 rings (SSSR count). The molecule has 3 aromatic rings. The fourth-order valence-corrected chi connectivity index (χ4v) is 3.51. The van der Waals surface area contributed by atoms with E-state index in [1.54, 1.807) is 6.07 Å². The van der Waals surface area contributed by atoms with Crippen LogP contribution in [0.15, 0.2) is 48.7 Å². The van der Waals surface area contributed by atoms with Gasteiger partial charge >= 0.3 is 0 Å². The zero-order valence-electron chi connectivity index (χ0n) is 15.6. The van der Waals surface area contributed by atoms with Crippen molar-refractivity contribution in [2.75, 3.05) is 19.7 Å². The van der Waals surface area contributed by atoms with Gasteiger partial charge in [0.15, 0.2) is 0 Å². The standard InChI is InChI=1S/C21H23FN4O/c1-15-17(12-25(2)24-15)13-26-9-10-27-21(14-26)20-8-4-7-19(23-20)16-5-3-6-18(22)11-16/h3-8,11-12,21H,9-10,13-14H2,1-2H3. The Balaban J connectivity index is 1.51. The number of rotatable bonds is 4. The fraction of sp³-hybridized carbons (Fsp3) is 0.333. The highest BCUT2D eigenvalue weighted by Gasteiger charge is 2.24. The molecular formula is C21H23FN4O. The maximum absolute atomic E-state index is 13.5. The van der Waals surface area contributed by atoms with Gasteiger partial charge in [-0.25, -0.2) is 4.39 Å². The third kappa shape index (κ3) is 4.07. The zero-order chi connectivity index (χ0) is 18.8. The molecule has 0 saturated carbocycles. The van der Waals surface area contributed by atoms with Gasteiger partial charge in [-0.2, -0.15) is 5.10 Å². The van der Waals surface area contributed by atoms with Crippen molar-refractivity contribution in [2.24, 2.45) is 7.05 Å². The molecule has 0 bridgehead atoms. The molecule has 1 unspecified atom stereocenters. The molecule has 1 aliphatic heterocycles.